The molecule has 0 unspecified atom stereocenters. The zero-order chi connectivity index (χ0) is 18.8. The number of esters is 1. The molecule has 1 aliphatic rings. The molecule has 3 aromatic rings. The Morgan fingerprint density at radius 2 is 1.63 bits per heavy atom. The molecule has 27 heavy (non-hydrogen) atoms. The van der Waals surface area contributed by atoms with Gasteiger partial charge in [-0.15, -0.1) is 0 Å². The summed E-state index contributed by atoms with van der Waals surface area (Å²) in [5, 5.41) is 19.9. The largest absolute Gasteiger partial charge is 0.508 e. The van der Waals surface area contributed by atoms with Crippen molar-refractivity contribution in [3.63, 3.8) is 0 Å². The fourth-order valence-corrected chi connectivity index (χ4v) is 3.26. The molecule has 0 aromatic heterocycles. The first-order chi connectivity index (χ1) is 13.1. The number of hydrogen-bond acceptors (Lipinski definition) is 5. The highest BCUT2D eigenvalue weighted by atomic mass is 16.6. The van der Waals surface area contributed by atoms with Gasteiger partial charge in [0.25, 0.3) is 0 Å². The van der Waals surface area contributed by atoms with Gasteiger partial charge < -0.3 is 19.7 Å². The van der Waals surface area contributed by atoms with Crippen LogP contribution in [-0.2, 0) is 11.2 Å². The van der Waals surface area contributed by atoms with Gasteiger partial charge in [-0.25, -0.2) is 4.79 Å². The summed E-state index contributed by atoms with van der Waals surface area (Å²) in [4.78, 5) is 12.6. The van der Waals surface area contributed by atoms with Crippen molar-refractivity contribution < 1.29 is 24.5 Å². The summed E-state index contributed by atoms with van der Waals surface area (Å²) >= 11 is 0. The summed E-state index contributed by atoms with van der Waals surface area (Å²) in [7, 11) is 0. The zero-order valence-electron chi connectivity index (χ0n) is 14.4. The van der Waals surface area contributed by atoms with E-state index in [0.717, 1.165) is 5.56 Å². The lowest BCUT2D eigenvalue weighted by molar-refractivity contribution is -0.0188. The maximum atomic E-state index is 12.6. The number of carbonyl (C=O) groups excluding carboxylic acids is 1. The maximum absolute atomic E-state index is 12.6. The minimum absolute atomic E-state index is 0.0854. The van der Waals surface area contributed by atoms with Gasteiger partial charge in [0, 0.05) is 24.1 Å². The van der Waals surface area contributed by atoms with Crippen molar-refractivity contribution in [1.82, 2.24) is 0 Å². The Morgan fingerprint density at radius 1 is 0.963 bits per heavy atom. The number of rotatable bonds is 3. The molecule has 136 valence electrons. The van der Waals surface area contributed by atoms with E-state index in [1.54, 1.807) is 24.3 Å². The van der Waals surface area contributed by atoms with E-state index < -0.39 is 18.2 Å². The van der Waals surface area contributed by atoms with Crippen LogP contribution in [0.25, 0.3) is 0 Å². The molecule has 0 aliphatic carbocycles. The Hall–Kier alpha value is -3.47. The van der Waals surface area contributed by atoms with Crippen molar-refractivity contribution in [3.05, 3.63) is 89.5 Å². The second-order valence-corrected chi connectivity index (χ2v) is 6.40. The summed E-state index contributed by atoms with van der Waals surface area (Å²) < 4.78 is 11.8. The van der Waals surface area contributed by atoms with E-state index in [4.69, 9.17) is 9.47 Å². The highest BCUT2D eigenvalue weighted by Gasteiger charge is 2.36. The van der Waals surface area contributed by atoms with Gasteiger partial charge in [-0.2, -0.15) is 0 Å². The van der Waals surface area contributed by atoms with Crippen LogP contribution in [0.2, 0.25) is 0 Å². The molecule has 0 bridgehead atoms. The Morgan fingerprint density at radius 3 is 2.33 bits per heavy atom. The van der Waals surface area contributed by atoms with Crippen LogP contribution >= 0.6 is 0 Å². The third-order valence-corrected chi connectivity index (χ3v) is 4.56. The molecule has 4 rings (SSSR count). The second kappa shape index (κ2) is 7.03. The van der Waals surface area contributed by atoms with E-state index >= 15 is 0 Å². The fraction of sp³-hybridized carbons (Fsp3) is 0.136. The van der Waals surface area contributed by atoms with E-state index in [1.165, 1.54) is 12.1 Å². The Kier molecular flexibility index (Phi) is 4.42. The van der Waals surface area contributed by atoms with Crippen LogP contribution < -0.4 is 4.74 Å². The molecule has 3 aromatic carbocycles. The van der Waals surface area contributed by atoms with E-state index in [1.807, 2.05) is 36.4 Å². The molecule has 0 radical (unpaired) electrons. The van der Waals surface area contributed by atoms with Crippen molar-refractivity contribution in [1.29, 1.82) is 0 Å². The Balaban J connectivity index is 1.69. The lowest BCUT2D eigenvalue weighted by atomic mass is 9.93. The number of ether oxygens (including phenoxy) is 2. The number of carbonyl (C=O) groups is 1. The van der Waals surface area contributed by atoms with Gasteiger partial charge in [0.1, 0.15) is 23.4 Å². The molecule has 0 spiro atoms. The third kappa shape index (κ3) is 3.44. The number of aromatic hydroxyl groups is 2. The molecule has 2 N–H and O–H groups in total. The molecule has 1 aliphatic heterocycles. The summed E-state index contributed by atoms with van der Waals surface area (Å²) in [6.07, 6.45) is -0.893. The predicted molar refractivity (Wildman–Crippen MR) is 98.9 cm³/mol. The van der Waals surface area contributed by atoms with E-state index in [9.17, 15) is 15.0 Å². The summed E-state index contributed by atoms with van der Waals surface area (Å²) in [5.74, 6) is -0.240. The molecule has 5 heteroatoms. The molecule has 0 fully saturated rings. The van der Waals surface area contributed by atoms with Crippen molar-refractivity contribution >= 4 is 5.97 Å². The number of benzene rings is 3. The quantitative estimate of drug-likeness (QED) is 0.689. The molecule has 0 amide bonds. The van der Waals surface area contributed by atoms with E-state index in [2.05, 4.69) is 0 Å². The SMILES string of the molecule is O=C(O[C@H]1Cc2c(O)cc(O)cc2O[C@@H]1c1ccccc1)c1ccccc1. The zero-order valence-corrected chi connectivity index (χ0v) is 14.4. The summed E-state index contributed by atoms with van der Waals surface area (Å²) in [6.45, 7) is 0. The highest BCUT2D eigenvalue weighted by molar-refractivity contribution is 5.89. The molecule has 1 heterocycles. The van der Waals surface area contributed by atoms with Crippen LogP contribution in [0, 0.1) is 0 Å². The van der Waals surface area contributed by atoms with Gasteiger partial charge in [-0.1, -0.05) is 48.5 Å². The summed E-state index contributed by atoms with van der Waals surface area (Å²) in [5.41, 5.74) is 1.80. The lowest BCUT2D eigenvalue weighted by Gasteiger charge is -2.34. The maximum Gasteiger partial charge on any atom is 0.338 e. The van der Waals surface area contributed by atoms with Crippen LogP contribution in [0.5, 0.6) is 17.2 Å². The molecular weight excluding hydrogens is 344 g/mol. The van der Waals surface area contributed by atoms with Gasteiger partial charge in [0.05, 0.1) is 5.56 Å². The van der Waals surface area contributed by atoms with Gasteiger partial charge in [-0.3, -0.25) is 0 Å². The van der Waals surface area contributed by atoms with Gasteiger partial charge in [0.2, 0.25) is 0 Å². The van der Waals surface area contributed by atoms with Gasteiger partial charge in [-0.05, 0) is 17.7 Å². The lowest BCUT2D eigenvalue weighted by Crippen LogP contribution is -2.34. The Labute approximate surface area is 156 Å². The molecular formula is C22H18O5. The fourth-order valence-electron chi connectivity index (χ4n) is 3.26. The van der Waals surface area contributed by atoms with Crippen LogP contribution in [-0.4, -0.2) is 22.3 Å². The average molecular weight is 362 g/mol. The standard InChI is InChI=1S/C22H18O5/c23-16-11-18(24)17-13-20(27-22(25)15-9-5-2-6-10-15)21(26-19(17)12-16)14-7-3-1-4-8-14/h1-12,20-21,23-24H,13H2/t20-,21+/m0/s1. The van der Waals surface area contributed by atoms with Crippen LogP contribution in [0.4, 0.5) is 0 Å². The first kappa shape index (κ1) is 17.0. The first-order valence-electron chi connectivity index (χ1n) is 8.64. The number of phenolic OH excluding ortho intramolecular Hbond substituents is 2. The van der Waals surface area contributed by atoms with Gasteiger partial charge >= 0.3 is 5.97 Å². The third-order valence-electron chi connectivity index (χ3n) is 4.56. The van der Waals surface area contributed by atoms with Gasteiger partial charge in [0.15, 0.2) is 6.10 Å². The van der Waals surface area contributed by atoms with E-state index in [0.29, 0.717) is 16.9 Å². The van der Waals surface area contributed by atoms with Crippen molar-refractivity contribution in [2.75, 3.05) is 0 Å². The topological polar surface area (TPSA) is 76.0 Å². The molecule has 2 atom stereocenters. The van der Waals surface area contributed by atoms with Crippen LogP contribution in [0.1, 0.15) is 27.6 Å². The van der Waals surface area contributed by atoms with E-state index in [-0.39, 0.29) is 17.9 Å². The molecule has 0 saturated carbocycles. The smallest absolute Gasteiger partial charge is 0.338 e. The number of hydrogen-bond donors (Lipinski definition) is 2. The van der Waals surface area contributed by atoms with Crippen molar-refractivity contribution in [3.8, 4) is 17.2 Å². The minimum atomic E-state index is -0.622. The van der Waals surface area contributed by atoms with Crippen LogP contribution in [0.3, 0.4) is 0 Å². The van der Waals surface area contributed by atoms with Crippen LogP contribution in [0.15, 0.2) is 72.8 Å². The highest BCUT2D eigenvalue weighted by Crippen LogP contribution is 2.42. The molecule has 0 saturated heterocycles. The van der Waals surface area contributed by atoms with Crippen molar-refractivity contribution in [2.24, 2.45) is 0 Å². The predicted octanol–water partition coefficient (Wildman–Crippen LogP) is 4.00. The first-order valence-corrected chi connectivity index (χ1v) is 8.64. The molecule has 5 nitrogen and oxygen atoms in total. The van der Waals surface area contributed by atoms with Crippen molar-refractivity contribution in [2.45, 2.75) is 18.6 Å². The monoisotopic (exact) mass is 362 g/mol. The Bertz CT molecular complexity index is 953. The average Bonchev–Trinajstić information content (AvgIpc) is 2.69. The number of phenols is 2. The normalized spacial score (nSPS) is 18.2. The minimum Gasteiger partial charge on any atom is -0.508 e. The number of fused-ring (bicyclic) bond motifs is 1. The second-order valence-electron chi connectivity index (χ2n) is 6.40. The summed E-state index contributed by atoms with van der Waals surface area (Å²) in [6, 6.07) is 20.9.